The van der Waals surface area contributed by atoms with E-state index in [2.05, 4.69) is 32.6 Å². The topological polar surface area (TPSA) is 81.3 Å². The Kier molecular flexibility index (Phi) is 3.55. The molecular weight excluding hydrogens is 345 g/mol. The molecule has 2 rings (SSSR count). The molecule has 0 saturated carbocycles. The Hall–Kier alpha value is -1.57. The van der Waals surface area contributed by atoms with Gasteiger partial charge >= 0.3 is 0 Å². The zero-order chi connectivity index (χ0) is 13.3. The summed E-state index contributed by atoms with van der Waals surface area (Å²) in [6, 6.07) is 4.94. The number of rotatable bonds is 2. The van der Waals surface area contributed by atoms with Gasteiger partial charge in [0.2, 0.25) is 0 Å². The van der Waals surface area contributed by atoms with E-state index in [0.29, 0.717) is 17.4 Å². The van der Waals surface area contributed by atoms with Crippen LogP contribution in [-0.2, 0) is 0 Å². The number of benzene rings is 1. The first-order valence-corrected chi connectivity index (χ1v) is 6.27. The Morgan fingerprint density at radius 3 is 2.67 bits per heavy atom. The molecule has 1 aromatic heterocycles. The van der Waals surface area contributed by atoms with Crippen molar-refractivity contribution in [3.8, 4) is 22.9 Å². The molecule has 0 radical (unpaired) electrons. The maximum atomic E-state index is 9.54. The zero-order valence-electron chi connectivity index (χ0n) is 9.94. The van der Waals surface area contributed by atoms with Gasteiger partial charge in [0.25, 0.3) is 0 Å². The van der Waals surface area contributed by atoms with Gasteiger partial charge in [0.15, 0.2) is 17.3 Å². The summed E-state index contributed by atoms with van der Waals surface area (Å²) in [5.41, 5.74) is 7.39. The lowest BCUT2D eigenvalue weighted by molar-refractivity contribution is 0.373. The Bertz CT molecular complexity index is 579. The van der Waals surface area contributed by atoms with Crippen LogP contribution in [0.4, 0.5) is 5.82 Å². The molecule has 18 heavy (non-hydrogen) atoms. The standard InChI is InChI=1S/C12H12IN3O2/c1-6-10(13)11(14)16-12(15-6)7-3-4-8(17)9(5-7)18-2/h3-5,17H,1-2H3,(H2,14,15,16). The van der Waals surface area contributed by atoms with Crippen molar-refractivity contribution in [1.82, 2.24) is 9.97 Å². The summed E-state index contributed by atoms with van der Waals surface area (Å²) in [5, 5.41) is 9.54. The number of hydrogen-bond acceptors (Lipinski definition) is 5. The number of anilines is 1. The van der Waals surface area contributed by atoms with Crippen LogP contribution in [0.15, 0.2) is 18.2 Å². The molecule has 94 valence electrons. The summed E-state index contributed by atoms with van der Waals surface area (Å²) in [7, 11) is 1.49. The van der Waals surface area contributed by atoms with Crippen LogP contribution in [-0.4, -0.2) is 22.2 Å². The molecule has 0 aliphatic carbocycles. The van der Waals surface area contributed by atoms with Crippen molar-refractivity contribution in [1.29, 1.82) is 0 Å². The fraction of sp³-hybridized carbons (Fsp3) is 0.167. The van der Waals surface area contributed by atoms with E-state index in [0.717, 1.165) is 14.8 Å². The highest BCUT2D eigenvalue weighted by Crippen LogP contribution is 2.31. The van der Waals surface area contributed by atoms with E-state index in [-0.39, 0.29) is 5.75 Å². The maximum absolute atomic E-state index is 9.54. The monoisotopic (exact) mass is 357 g/mol. The lowest BCUT2D eigenvalue weighted by Crippen LogP contribution is -2.02. The normalized spacial score (nSPS) is 10.4. The van der Waals surface area contributed by atoms with Crippen LogP contribution < -0.4 is 10.5 Å². The average molecular weight is 357 g/mol. The van der Waals surface area contributed by atoms with Crippen molar-refractivity contribution in [3.63, 3.8) is 0 Å². The van der Waals surface area contributed by atoms with Crippen LogP contribution in [0.1, 0.15) is 5.69 Å². The molecular formula is C12H12IN3O2. The van der Waals surface area contributed by atoms with E-state index in [4.69, 9.17) is 10.5 Å². The minimum absolute atomic E-state index is 0.0801. The lowest BCUT2D eigenvalue weighted by atomic mass is 10.2. The van der Waals surface area contributed by atoms with Crippen molar-refractivity contribution in [2.24, 2.45) is 0 Å². The number of nitrogens with two attached hydrogens (primary N) is 1. The highest BCUT2D eigenvalue weighted by molar-refractivity contribution is 14.1. The largest absolute Gasteiger partial charge is 0.504 e. The molecule has 0 aliphatic heterocycles. The molecule has 5 nitrogen and oxygen atoms in total. The molecule has 6 heteroatoms. The maximum Gasteiger partial charge on any atom is 0.161 e. The third kappa shape index (κ3) is 2.33. The minimum atomic E-state index is 0.0801. The van der Waals surface area contributed by atoms with E-state index >= 15 is 0 Å². The van der Waals surface area contributed by atoms with E-state index in [9.17, 15) is 5.11 Å². The molecule has 0 amide bonds. The quantitative estimate of drug-likeness (QED) is 0.807. The number of nitrogen functional groups attached to an aromatic ring is 1. The number of halogens is 1. The van der Waals surface area contributed by atoms with Crippen molar-refractivity contribution in [2.45, 2.75) is 6.92 Å². The van der Waals surface area contributed by atoms with Crippen LogP contribution in [0.25, 0.3) is 11.4 Å². The molecule has 0 bridgehead atoms. The predicted molar refractivity (Wildman–Crippen MR) is 77.6 cm³/mol. The highest BCUT2D eigenvalue weighted by atomic mass is 127. The highest BCUT2D eigenvalue weighted by Gasteiger charge is 2.10. The zero-order valence-corrected chi connectivity index (χ0v) is 12.1. The van der Waals surface area contributed by atoms with E-state index < -0.39 is 0 Å². The Morgan fingerprint density at radius 2 is 2.06 bits per heavy atom. The molecule has 0 saturated heterocycles. The summed E-state index contributed by atoms with van der Waals surface area (Å²) >= 11 is 2.11. The van der Waals surface area contributed by atoms with Crippen molar-refractivity contribution >= 4 is 28.4 Å². The summed E-state index contributed by atoms with van der Waals surface area (Å²) in [4.78, 5) is 8.60. The van der Waals surface area contributed by atoms with Crippen LogP contribution in [0.2, 0.25) is 0 Å². The third-order valence-electron chi connectivity index (χ3n) is 2.48. The lowest BCUT2D eigenvalue weighted by Gasteiger charge is -2.08. The predicted octanol–water partition coefficient (Wildman–Crippen LogP) is 2.35. The van der Waals surface area contributed by atoms with Gasteiger partial charge in [0.05, 0.1) is 16.4 Å². The number of nitrogens with zero attached hydrogens (tertiary/aromatic N) is 2. The third-order valence-corrected chi connectivity index (χ3v) is 3.81. The molecule has 0 spiro atoms. The molecule has 2 aromatic rings. The molecule has 1 heterocycles. The van der Waals surface area contributed by atoms with Crippen molar-refractivity contribution in [3.05, 3.63) is 27.5 Å². The average Bonchev–Trinajstić information content (AvgIpc) is 2.36. The summed E-state index contributed by atoms with van der Waals surface area (Å²) < 4.78 is 5.90. The minimum Gasteiger partial charge on any atom is -0.504 e. The van der Waals surface area contributed by atoms with Crippen LogP contribution in [0.5, 0.6) is 11.5 Å². The van der Waals surface area contributed by atoms with Crippen LogP contribution in [0.3, 0.4) is 0 Å². The van der Waals surface area contributed by atoms with E-state index in [1.807, 2.05) is 6.92 Å². The number of aromatic nitrogens is 2. The van der Waals surface area contributed by atoms with Gasteiger partial charge in [-0.1, -0.05) is 0 Å². The van der Waals surface area contributed by atoms with E-state index in [1.54, 1.807) is 18.2 Å². The Balaban J connectivity index is 2.55. The first-order chi connectivity index (χ1) is 8.52. The molecule has 0 atom stereocenters. The number of phenols is 1. The number of phenolic OH excluding ortho intramolecular Hbond substituents is 1. The van der Waals surface area contributed by atoms with Gasteiger partial charge in [0.1, 0.15) is 5.82 Å². The first kappa shape index (κ1) is 12.9. The number of aromatic hydroxyl groups is 1. The van der Waals surface area contributed by atoms with Gasteiger partial charge in [-0.2, -0.15) is 0 Å². The van der Waals surface area contributed by atoms with Gasteiger partial charge in [-0.05, 0) is 47.7 Å². The Labute approximate surface area is 118 Å². The van der Waals surface area contributed by atoms with Crippen LogP contribution in [0, 0.1) is 10.5 Å². The van der Waals surface area contributed by atoms with Crippen molar-refractivity contribution in [2.75, 3.05) is 12.8 Å². The fourth-order valence-corrected chi connectivity index (χ4v) is 1.77. The van der Waals surface area contributed by atoms with Gasteiger partial charge < -0.3 is 15.6 Å². The number of ether oxygens (including phenoxy) is 1. The Morgan fingerprint density at radius 1 is 1.33 bits per heavy atom. The van der Waals surface area contributed by atoms with Gasteiger partial charge in [-0.15, -0.1) is 0 Å². The second-order valence-corrected chi connectivity index (χ2v) is 4.80. The summed E-state index contributed by atoms with van der Waals surface area (Å²) in [6.45, 7) is 1.88. The van der Waals surface area contributed by atoms with E-state index in [1.165, 1.54) is 7.11 Å². The SMILES string of the molecule is COc1cc(-c2nc(C)c(I)c(N)n2)ccc1O. The summed E-state index contributed by atoms with van der Waals surface area (Å²) in [5.74, 6) is 1.43. The smallest absolute Gasteiger partial charge is 0.161 e. The summed E-state index contributed by atoms with van der Waals surface area (Å²) in [6.07, 6.45) is 0. The second kappa shape index (κ2) is 4.97. The molecule has 1 aromatic carbocycles. The number of methoxy groups -OCH3 is 1. The number of aryl methyl sites for hydroxylation is 1. The first-order valence-electron chi connectivity index (χ1n) is 5.20. The molecule has 0 unspecified atom stereocenters. The molecule has 0 aliphatic rings. The second-order valence-electron chi connectivity index (χ2n) is 3.72. The van der Waals surface area contributed by atoms with Crippen LogP contribution >= 0.6 is 22.6 Å². The fourth-order valence-electron chi connectivity index (χ4n) is 1.53. The van der Waals surface area contributed by atoms with Gasteiger partial charge in [0, 0.05) is 5.56 Å². The molecule has 0 fully saturated rings. The van der Waals surface area contributed by atoms with Crippen molar-refractivity contribution < 1.29 is 9.84 Å². The number of hydrogen-bond donors (Lipinski definition) is 2. The van der Waals surface area contributed by atoms with Gasteiger partial charge in [-0.25, -0.2) is 9.97 Å². The molecule has 3 N–H and O–H groups in total. The van der Waals surface area contributed by atoms with Gasteiger partial charge in [-0.3, -0.25) is 0 Å².